The Morgan fingerprint density at radius 2 is 1.92 bits per heavy atom. The zero-order valence-electron chi connectivity index (χ0n) is 14.8. The molecule has 1 aliphatic rings. The summed E-state index contributed by atoms with van der Waals surface area (Å²) in [7, 11) is 0. The number of thioether (sulfide) groups is 1. The summed E-state index contributed by atoms with van der Waals surface area (Å²) in [5.74, 6) is -0.450. The summed E-state index contributed by atoms with van der Waals surface area (Å²) in [5, 5.41) is 8.58. The molecule has 3 N–H and O–H groups in total. The first-order valence-corrected chi connectivity index (χ1v) is 9.47. The monoisotopic (exact) mass is 404 g/mol. The van der Waals surface area contributed by atoms with Crippen molar-refractivity contribution in [3.63, 3.8) is 0 Å². The SMILES string of the molecule is CC(SCC(=O)Nc1ccc(F)cc1)C(=O)NCCN1CCNCC1.Cl. The summed E-state index contributed by atoms with van der Waals surface area (Å²) in [4.78, 5) is 26.2. The molecule has 0 saturated carbocycles. The molecule has 6 nitrogen and oxygen atoms in total. The first-order valence-electron chi connectivity index (χ1n) is 8.42. The number of nitrogens with one attached hydrogen (secondary N) is 3. The number of nitrogens with zero attached hydrogens (tertiary/aromatic N) is 1. The Labute approximate surface area is 164 Å². The fourth-order valence-corrected chi connectivity index (χ4v) is 3.13. The Kier molecular flexibility index (Phi) is 10.6. The van der Waals surface area contributed by atoms with Gasteiger partial charge in [-0.25, -0.2) is 4.39 Å². The van der Waals surface area contributed by atoms with Crippen molar-refractivity contribution in [2.24, 2.45) is 0 Å². The molecule has 2 rings (SSSR count). The molecule has 146 valence electrons. The van der Waals surface area contributed by atoms with Crippen molar-refractivity contribution in [3.05, 3.63) is 30.1 Å². The number of rotatable bonds is 8. The second-order valence-corrected chi connectivity index (χ2v) is 7.22. The van der Waals surface area contributed by atoms with Gasteiger partial charge in [0.25, 0.3) is 0 Å². The van der Waals surface area contributed by atoms with Crippen LogP contribution in [0.3, 0.4) is 0 Å². The van der Waals surface area contributed by atoms with Crippen LogP contribution in [0.1, 0.15) is 6.92 Å². The average Bonchev–Trinajstić information content (AvgIpc) is 2.62. The van der Waals surface area contributed by atoms with E-state index in [9.17, 15) is 14.0 Å². The van der Waals surface area contributed by atoms with Gasteiger partial charge in [-0.15, -0.1) is 24.2 Å². The van der Waals surface area contributed by atoms with Gasteiger partial charge < -0.3 is 16.0 Å². The number of piperazine rings is 1. The van der Waals surface area contributed by atoms with Crippen molar-refractivity contribution in [3.8, 4) is 0 Å². The maximum atomic E-state index is 12.8. The molecule has 0 aromatic heterocycles. The van der Waals surface area contributed by atoms with E-state index in [4.69, 9.17) is 0 Å². The molecule has 1 unspecified atom stereocenters. The molecule has 1 aromatic carbocycles. The van der Waals surface area contributed by atoms with Crippen LogP contribution in [-0.2, 0) is 9.59 Å². The summed E-state index contributed by atoms with van der Waals surface area (Å²) in [6.45, 7) is 7.23. The molecule has 1 saturated heterocycles. The van der Waals surface area contributed by atoms with E-state index in [2.05, 4.69) is 20.9 Å². The van der Waals surface area contributed by atoms with E-state index in [1.54, 1.807) is 6.92 Å². The smallest absolute Gasteiger partial charge is 0.234 e. The van der Waals surface area contributed by atoms with Crippen LogP contribution in [0.15, 0.2) is 24.3 Å². The van der Waals surface area contributed by atoms with E-state index in [-0.39, 0.29) is 41.0 Å². The van der Waals surface area contributed by atoms with E-state index in [0.717, 1.165) is 32.7 Å². The largest absolute Gasteiger partial charge is 0.354 e. The molecule has 1 heterocycles. The number of hydrogen-bond donors (Lipinski definition) is 3. The molecule has 2 amide bonds. The first-order chi connectivity index (χ1) is 12.0. The van der Waals surface area contributed by atoms with E-state index < -0.39 is 0 Å². The van der Waals surface area contributed by atoms with Gasteiger partial charge in [0.15, 0.2) is 0 Å². The number of anilines is 1. The Morgan fingerprint density at radius 3 is 2.58 bits per heavy atom. The van der Waals surface area contributed by atoms with Crippen LogP contribution in [0.25, 0.3) is 0 Å². The van der Waals surface area contributed by atoms with E-state index in [0.29, 0.717) is 12.2 Å². The van der Waals surface area contributed by atoms with Crippen molar-refractivity contribution in [2.75, 3.05) is 50.3 Å². The first kappa shape index (κ1) is 22.7. The minimum absolute atomic E-state index is 0. The highest BCUT2D eigenvalue weighted by Gasteiger charge is 2.16. The Morgan fingerprint density at radius 1 is 1.27 bits per heavy atom. The lowest BCUT2D eigenvalue weighted by Gasteiger charge is -2.27. The number of carbonyl (C=O) groups excluding carboxylic acids is 2. The van der Waals surface area contributed by atoms with Crippen LogP contribution in [0.2, 0.25) is 0 Å². The molecule has 9 heteroatoms. The van der Waals surface area contributed by atoms with Gasteiger partial charge in [0.1, 0.15) is 5.82 Å². The summed E-state index contributed by atoms with van der Waals surface area (Å²) in [5.41, 5.74) is 0.542. The lowest BCUT2D eigenvalue weighted by atomic mass is 10.3. The van der Waals surface area contributed by atoms with Crippen LogP contribution in [0.5, 0.6) is 0 Å². The number of carbonyl (C=O) groups is 2. The normalized spacial score (nSPS) is 15.6. The highest BCUT2D eigenvalue weighted by molar-refractivity contribution is 8.01. The predicted octanol–water partition coefficient (Wildman–Crippen LogP) is 1.33. The van der Waals surface area contributed by atoms with Gasteiger partial charge in [0.05, 0.1) is 11.0 Å². The molecule has 1 atom stereocenters. The summed E-state index contributed by atoms with van der Waals surface area (Å²) < 4.78 is 12.8. The van der Waals surface area contributed by atoms with Crippen molar-refractivity contribution < 1.29 is 14.0 Å². The molecule has 0 bridgehead atoms. The fourth-order valence-electron chi connectivity index (χ4n) is 2.42. The molecule has 0 aliphatic carbocycles. The van der Waals surface area contributed by atoms with E-state index in [1.165, 1.54) is 36.0 Å². The molecule has 26 heavy (non-hydrogen) atoms. The van der Waals surface area contributed by atoms with Crippen LogP contribution in [0, 0.1) is 5.82 Å². The highest BCUT2D eigenvalue weighted by atomic mass is 35.5. The molecule has 1 fully saturated rings. The fraction of sp³-hybridized carbons (Fsp3) is 0.529. The van der Waals surface area contributed by atoms with Gasteiger partial charge in [0.2, 0.25) is 11.8 Å². The summed E-state index contributed by atoms with van der Waals surface area (Å²) >= 11 is 1.28. The van der Waals surface area contributed by atoms with Gasteiger partial charge in [0, 0.05) is 45.0 Å². The van der Waals surface area contributed by atoms with Crippen molar-refractivity contribution in [2.45, 2.75) is 12.2 Å². The Hall–Kier alpha value is -1.35. The number of benzene rings is 1. The third kappa shape index (κ3) is 8.35. The molecular weight excluding hydrogens is 379 g/mol. The Balaban J connectivity index is 0.00000338. The van der Waals surface area contributed by atoms with Gasteiger partial charge in [-0.2, -0.15) is 0 Å². The predicted molar refractivity (Wildman–Crippen MR) is 107 cm³/mol. The van der Waals surface area contributed by atoms with Crippen molar-refractivity contribution in [1.82, 2.24) is 15.5 Å². The topological polar surface area (TPSA) is 73.5 Å². The maximum Gasteiger partial charge on any atom is 0.234 e. The zero-order chi connectivity index (χ0) is 18.1. The third-order valence-corrected chi connectivity index (χ3v) is 5.04. The van der Waals surface area contributed by atoms with Crippen molar-refractivity contribution >= 4 is 41.7 Å². The van der Waals surface area contributed by atoms with E-state index in [1.807, 2.05) is 0 Å². The van der Waals surface area contributed by atoms with Crippen LogP contribution in [-0.4, -0.2) is 67.0 Å². The number of amides is 2. The van der Waals surface area contributed by atoms with Gasteiger partial charge >= 0.3 is 0 Å². The van der Waals surface area contributed by atoms with Crippen LogP contribution in [0.4, 0.5) is 10.1 Å². The molecule has 0 spiro atoms. The average molecular weight is 405 g/mol. The number of halogens is 2. The summed E-state index contributed by atoms with van der Waals surface area (Å²) in [6.07, 6.45) is 0. The molecule has 0 radical (unpaired) electrons. The number of hydrogen-bond acceptors (Lipinski definition) is 5. The highest BCUT2D eigenvalue weighted by Crippen LogP contribution is 2.13. The van der Waals surface area contributed by atoms with Crippen LogP contribution < -0.4 is 16.0 Å². The van der Waals surface area contributed by atoms with Gasteiger partial charge in [-0.05, 0) is 31.2 Å². The second-order valence-electron chi connectivity index (χ2n) is 5.89. The molecule has 1 aliphatic heterocycles. The quantitative estimate of drug-likeness (QED) is 0.609. The molecule has 1 aromatic rings. The Bertz CT molecular complexity index is 570. The minimum Gasteiger partial charge on any atom is -0.354 e. The lowest BCUT2D eigenvalue weighted by Crippen LogP contribution is -2.46. The van der Waals surface area contributed by atoms with E-state index >= 15 is 0 Å². The third-order valence-electron chi connectivity index (χ3n) is 3.90. The zero-order valence-corrected chi connectivity index (χ0v) is 16.4. The lowest BCUT2D eigenvalue weighted by molar-refractivity contribution is -0.120. The summed E-state index contributed by atoms with van der Waals surface area (Å²) in [6, 6.07) is 5.59. The minimum atomic E-state index is -0.349. The molecular formula is C17H26ClFN4O2S. The van der Waals surface area contributed by atoms with Crippen LogP contribution >= 0.6 is 24.2 Å². The standard InChI is InChI=1S/C17H25FN4O2S.ClH/c1-13(17(24)20-8-11-22-9-6-19-7-10-22)25-12-16(23)21-15-4-2-14(18)3-5-15;/h2-5,13,19H,6-12H2,1H3,(H,20,24)(H,21,23);1H. The maximum absolute atomic E-state index is 12.8. The van der Waals surface area contributed by atoms with Gasteiger partial charge in [-0.3, -0.25) is 14.5 Å². The van der Waals surface area contributed by atoms with Gasteiger partial charge in [-0.1, -0.05) is 0 Å². The van der Waals surface area contributed by atoms with Crippen molar-refractivity contribution in [1.29, 1.82) is 0 Å². The second kappa shape index (κ2) is 12.1.